The first-order chi connectivity index (χ1) is 10.1. The van der Waals surface area contributed by atoms with Crippen molar-refractivity contribution in [1.29, 1.82) is 0 Å². The number of aromatic nitrogens is 2. The van der Waals surface area contributed by atoms with Crippen molar-refractivity contribution in [1.82, 2.24) is 9.55 Å². The highest BCUT2D eigenvalue weighted by molar-refractivity contribution is 8.36. The molecular formula is C13H12Cl2N2O2S2. The summed E-state index contributed by atoms with van der Waals surface area (Å²) in [4.78, 5) is 15.8. The van der Waals surface area contributed by atoms with Crippen LogP contribution >= 0.6 is 47.0 Å². The van der Waals surface area contributed by atoms with Gasteiger partial charge in [-0.3, -0.25) is 4.79 Å². The van der Waals surface area contributed by atoms with Crippen LogP contribution in [0.25, 0.3) is 0 Å². The summed E-state index contributed by atoms with van der Waals surface area (Å²) >= 11 is 14.1. The maximum absolute atomic E-state index is 11.8. The van der Waals surface area contributed by atoms with E-state index >= 15 is 0 Å². The summed E-state index contributed by atoms with van der Waals surface area (Å²) in [5.74, 6) is 0. The van der Waals surface area contributed by atoms with E-state index in [1.807, 2.05) is 16.8 Å². The third kappa shape index (κ3) is 4.93. The maximum atomic E-state index is 11.8. The molecule has 0 fully saturated rings. The molecule has 1 aromatic carbocycles. The Kier molecular flexibility index (Phi) is 6.44. The monoisotopic (exact) mass is 362 g/mol. The van der Waals surface area contributed by atoms with Crippen molar-refractivity contribution in [2.24, 2.45) is 0 Å². The predicted molar refractivity (Wildman–Crippen MR) is 89.0 cm³/mol. The molecule has 0 N–H and O–H groups in total. The third-order valence-electron chi connectivity index (χ3n) is 2.64. The zero-order valence-electron chi connectivity index (χ0n) is 11.0. The fraction of sp³-hybridized carbons (Fsp3) is 0.231. The van der Waals surface area contributed by atoms with Gasteiger partial charge in [0.05, 0.1) is 30.7 Å². The van der Waals surface area contributed by atoms with Gasteiger partial charge in [-0.15, -0.1) is 0 Å². The van der Waals surface area contributed by atoms with Gasteiger partial charge in [-0.05, 0) is 17.7 Å². The molecule has 0 radical (unpaired) electrons. The molecular weight excluding hydrogens is 351 g/mol. The van der Waals surface area contributed by atoms with Crippen molar-refractivity contribution >= 4 is 51.5 Å². The molecule has 1 aromatic heterocycles. The Labute approximate surface area is 141 Å². The van der Waals surface area contributed by atoms with E-state index in [1.54, 1.807) is 24.7 Å². The van der Waals surface area contributed by atoms with Crippen LogP contribution < -0.4 is 0 Å². The van der Waals surface area contributed by atoms with E-state index in [9.17, 15) is 4.79 Å². The Morgan fingerprint density at radius 2 is 2.29 bits per heavy atom. The van der Waals surface area contributed by atoms with E-state index in [4.69, 9.17) is 27.4 Å². The first kappa shape index (κ1) is 16.7. The van der Waals surface area contributed by atoms with Crippen LogP contribution in [0.4, 0.5) is 4.79 Å². The molecule has 0 aliphatic carbocycles. The van der Waals surface area contributed by atoms with Gasteiger partial charge in [-0.2, -0.15) is 0 Å². The molecule has 4 nitrogen and oxygen atoms in total. The molecule has 21 heavy (non-hydrogen) atoms. The molecule has 1 heterocycles. The topological polar surface area (TPSA) is 44.1 Å². The second-order valence-electron chi connectivity index (χ2n) is 4.03. The predicted octanol–water partition coefficient (Wildman–Crippen LogP) is 5.08. The van der Waals surface area contributed by atoms with Gasteiger partial charge in [-0.1, -0.05) is 41.0 Å². The average molecular weight is 363 g/mol. The highest BCUT2D eigenvalue weighted by atomic mass is 35.5. The minimum Gasteiger partial charge on any atom is -0.336 e. The van der Waals surface area contributed by atoms with Crippen LogP contribution in [0, 0.1) is 0 Å². The van der Waals surface area contributed by atoms with Gasteiger partial charge in [0.1, 0.15) is 0 Å². The van der Waals surface area contributed by atoms with Crippen LogP contribution in [-0.2, 0) is 10.7 Å². The van der Waals surface area contributed by atoms with E-state index in [-0.39, 0.29) is 9.70 Å². The molecule has 0 aliphatic rings. The first-order valence-corrected chi connectivity index (χ1v) is 8.30. The van der Waals surface area contributed by atoms with E-state index < -0.39 is 0 Å². The number of halogens is 2. The van der Waals surface area contributed by atoms with Crippen molar-refractivity contribution in [3.05, 3.63) is 52.5 Å². The lowest BCUT2D eigenvalue weighted by Gasteiger charge is -2.17. The number of benzene rings is 1. The largest absolute Gasteiger partial charge is 0.336 e. The van der Waals surface area contributed by atoms with E-state index in [0.717, 1.165) is 29.4 Å². The number of carbonyl (C=O) groups is 1. The summed E-state index contributed by atoms with van der Waals surface area (Å²) in [5.41, 5.74) is 0.852. The van der Waals surface area contributed by atoms with Crippen LogP contribution in [0.1, 0.15) is 10.8 Å². The lowest BCUT2D eigenvalue weighted by molar-refractivity contribution is 0.275. The molecule has 2 rings (SSSR count). The first-order valence-electron chi connectivity index (χ1n) is 5.92. The molecule has 1 atom stereocenters. The number of thioether (sulfide) groups is 1. The number of hydrogen-bond donors (Lipinski definition) is 0. The normalized spacial score (nSPS) is 12.3. The third-order valence-corrected chi connectivity index (χ3v) is 4.87. The van der Waals surface area contributed by atoms with E-state index in [0.29, 0.717) is 16.6 Å². The molecule has 0 amide bonds. The second-order valence-corrected chi connectivity index (χ2v) is 7.18. The standard InChI is InChI=1S/C13H12Cl2N2O2S2/c1-19-21-13(18)20-12(7-17-5-4-16-8-17)10-3-2-9(14)6-11(10)15/h2-6,8,12H,7H2,1H3. The number of rotatable bonds is 5. The van der Waals surface area contributed by atoms with E-state index in [2.05, 4.69) is 4.98 Å². The zero-order valence-corrected chi connectivity index (χ0v) is 14.2. The van der Waals surface area contributed by atoms with Gasteiger partial charge in [0.15, 0.2) is 0 Å². The van der Waals surface area contributed by atoms with Gasteiger partial charge in [-0.25, -0.2) is 4.98 Å². The lowest BCUT2D eigenvalue weighted by Crippen LogP contribution is -2.07. The molecule has 112 valence electrons. The van der Waals surface area contributed by atoms with Crippen LogP contribution in [-0.4, -0.2) is 21.1 Å². The fourth-order valence-corrected chi connectivity index (χ4v) is 4.01. The van der Waals surface area contributed by atoms with Crippen LogP contribution in [0.15, 0.2) is 36.9 Å². The second kappa shape index (κ2) is 8.10. The van der Waals surface area contributed by atoms with Gasteiger partial charge in [0.2, 0.25) is 0 Å². The molecule has 2 aromatic rings. The highest BCUT2D eigenvalue weighted by Gasteiger charge is 2.21. The van der Waals surface area contributed by atoms with Crippen molar-refractivity contribution in [3.8, 4) is 0 Å². The molecule has 1 unspecified atom stereocenters. The Morgan fingerprint density at radius 1 is 1.48 bits per heavy atom. The van der Waals surface area contributed by atoms with E-state index in [1.165, 1.54) is 7.11 Å². The summed E-state index contributed by atoms with van der Waals surface area (Å²) in [6.07, 6.45) is 5.23. The lowest BCUT2D eigenvalue weighted by atomic mass is 10.1. The molecule has 0 saturated carbocycles. The Hall–Kier alpha value is -0.660. The average Bonchev–Trinajstić information content (AvgIpc) is 2.91. The van der Waals surface area contributed by atoms with Crippen LogP contribution in [0.3, 0.4) is 0 Å². The van der Waals surface area contributed by atoms with Crippen LogP contribution in [0.2, 0.25) is 10.0 Å². The summed E-state index contributed by atoms with van der Waals surface area (Å²) < 4.78 is 6.56. The van der Waals surface area contributed by atoms with Gasteiger partial charge >= 0.3 is 0 Å². The number of carbonyl (C=O) groups excluding carboxylic acids is 1. The number of hydrogen-bond acceptors (Lipinski definition) is 5. The quantitative estimate of drug-likeness (QED) is 0.693. The van der Waals surface area contributed by atoms with Crippen molar-refractivity contribution in [2.45, 2.75) is 11.8 Å². The van der Waals surface area contributed by atoms with Crippen molar-refractivity contribution < 1.29 is 8.98 Å². The summed E-state index contributed by atoms with van der Waals surface area (Å²) in [5, 5.41) is 0.946. The Balaban J connectivity index is 2.23. The van der Waals surface area contributed by atoms with Gasteiger partial charge in [0, 0.05) is 29.0 Å². The summed E-state index contributed by atoms with van der Waals surface area (Å²) in [7, 11) is 1.46. The molecule has 8 heteroatoms. The molecule has 0 saturated heterocycles. The number of imidazole rings is 1. The summed E-state index contributed by atoms with van der Waals surface area (Å²) in [6, 6.07) is 5.27. The van der Waals surface area contributed by atoms with Gasteiger partial charge in [0.25, 0.3) is 4.45 Å². The zero-order chi connectivity index (χ0) is 15.2. The number of nitrogens with zero attached hydrogens (tertiary/aromatic N) is 2. The summed E-state index contributed by atoms with van der Waals surface area (Å²) in [6.45, 7) is 0.571. The highest BCUT2D eigenvalue weighted by Crippen LogP contribution is 2.39. The van der Waals surface area contributed by atoms with Crippen LogP contribution in [0.5, 0.6) is 0 Å². The molecule has 0 bridgehead atoms. The Bertz CT molecular complexity index is 608. The SMILES string of the molecule is COSC(=O)SC(Cn1ccnc1)c1ccc(Cl)cc1Cl. The maximum Gasteiger partial charge on any atom is 0.273 e. The smallest absolute Gasteiger partial charge is 0.273 e. The van der Waals surface area contributed by atoms with Crippen molar-refractivity contribution in [3.63, 3.8) is 0 Å². The molecule has 0 aliphatic heterocycles. The molecule has 0 spiro atoms. The Morgan fingerprint density at radius 3 is 2.90 bits per heavy atom. The van der Waals surface area contributed by atoms with Crippen molar-refractivity contribution in [2.75, 3.05) is 7.11 Å². The fourth-order valence-electron chi connectivity index (χ4n) is 1.75. The minimum absolute atomic E-state index is 0.131. The van der Waals surface area contributed by atoms with Gasteiger partial charge < -0.3 is 8.75 Å². The minimum atomic E-state index is -0.154.